The molecule has 3 nitrogen and oxygen atoms in total. The highest BCUT2D eigenvalue weighted by molar-refractivity contribution is 5.88. The van der Waals surface area contributed by atoms with E-state index >= 15 is 0 Å². The van der Waals surface area contributed by atoms with Gasteiger partial charge in [0, 0.05) is 29.3 Å². The molecule has 1 aromatic heterocycles. The van der Waals surface area contributed by atoms with Gasteiger partial charge in [-0.1, -0.05) is 0 Å². The second-order valence-electron chi connectivity index (χ2n) is 4.53. The number of aromatic nitrogens is 1. The third-order valence-electron chi connectivity index (χ3n) is 3.18. The average Bonchev–Trinajstić information content (AvgIpc) is 3.01. The number of nitrogens with two attached hydrogens (primary N) is 1. The number of anilines is 1. The molecule has 1 saturated carbocycles. The zero-order chi connectivity index (χ0) is 11.1. The summed E-state index contributed by atoms with van der Waals surface area (Å²) in [5.74, 6) is 0.805. The molecule has 0 aliphatic heterocycles. The largest absolute Gasteiger partial charge is 0.399 e. The summed E-state index contributed by atoms with van der Waals surface area (Å²) < 4.78 is 2.19. The van der Waals surface area contributed by atoms with E-state index in [0.29, 0.717) is 5.69 Å². The highest BCUT2D eigenvalue weighted by atomic mass is 15.0. The lowest BCUT2D eigenvalue weighted by atomic mass is 10.2. The minimum absolute atomic E-state index is 0.716. The molecule has 0 atom stereocenters. The Hall–Kier alpha value is -1.95. The van der Waals surface area contributed by atoms with Gasteiger partial charge in [-0.05, 0) is 37.0 Å². The van der Waals surface area contributed by atoms with Crippen LogP contribution in [0, 0.1) is 17.2 Å². The van der Waals surface area contributed by atoms with Crippen LogP contribution in [0.15, 0.2) is 24.4 Å². The third kappa shape index (κ3) is 1.43. The van der Waals surface area contributed by atoms with Crippen LogP contribution in [0.2, 0.25) is 0 Å². The van der Waals surface area contributed by atoms with E-state index in [-0.39, 0.29) is 0 Å². The molecule has 0 saturated heterocycles. The van der Waals surface area contributed by atoms with Crippen LogP contribution in [0.1, 0.15) is 18.4 Å². The summed E-state index contributed by atoms with van der Waals surface area (Å²) in [7, 11) is 0. The number of nitrogens with zero attached hydrogens (tertiary/aromatic N) is 2. The number of nitriles is 1. The van der Waals surface area contributed by atoms with Crippen molar-refractivity contribution in [3.63, 3.8) is 0 Å². The fourth-order valence-corrected chi connectivity index (χ4v) is 2.13. The van der Waals surface area contributed by atoms with Crippen molar-refractivity contribution in [2.75, 3.05) is 5.73 Å². The van der Waals surface area contributed by atoms with Crippen molar-refractivity contribution in [2.45, 2.75) is 19.4 Å². The summed E-state index contributed by atoms with van der Waals surface area (Å²) in [6, 6.07) is 8.02. The molecule has 1 aromatic carbocycles. The summed E-state index contributed by atoms with van der Waals surface area (Å²) >= 11 is 0. The molecular weight excluding hydrogens is 198 g/mol. The zero-order valence-electron chi connectivity index (χ0n) is 8.98. The van der Waals surface area contributed by atoms with Gasteiger partial charge in [0.25, 0.3) is 0 Å². The van der Waals surface area contributed by atoms with Gasteiger partial charge in [0.15, 0.2) is 0 Å². The summed E-state index contributed by atoms with van der Waals surface area (Å²) in [5, 5.41) is 10.1. The maximum Gasteiger partial charge on any atom is 0.101 e. The van der Waals surface area contributed by atoms with Gasteiger partial charge in [-0.15, -0.1) is 0 Å². The Kier molecular flexibility index (Phi) is 1.90. The van der Waals surface area contributed by atoms with Gasteiger partial charge in [-0.2, -0.15) is 5.26 Å². The number of benzene rings is 1. The smallest absolute Gasteiger partial charge is 0.101 e. The molecule has 1 aliphatic carbocycles. The minimum Gasteiger partial charge on any atom is -0.399 e. The summed E-state index contributed by atoms with van der Waals surface area (Å²) in [4.78, 5) is 0. The zero-order valence-corrected chi connectivity index (χ0v) is 8.98. The molecule has 2 aromatic rings. The van der Waals surface area contributed by atoms with Crippen LogP contribution in [0.3, 0.4) is 0 Å². The van der Waals surface area contributed by atoms with E-state index in [4.69, 9.17) is 11.0 Å². The topological polar surface area (TPSA) is 54.7 Å². The minimum atomic E-state index is 0.716. The van der Waals surface area contributed by atoms with Gasteiger partial charge in [0.2, 0.25) is 0 Å². The fraction of sp³-hybridized carbons (Fsp3) is 0.308. The van der Waals surface area contributed by atoms with Gasteiger partial charge in [-0.25, -0.2) is 0 Å². The quantitative estimate of drug-likeness (QED) is 0.776. The fourth-order valence-electron chi connectivity index (χ4n) is 2.13. The lowest BCUT2D eigenvalue weighted by molar-refractivity contribution is 0.647. The van der Waals surface area contributed by atoms with E-state index in [1.54, 1.807) is 0 Å². The molecule has 3 heteroatoms. The van der Waals surface area contributed by atoms with E-state index in [0.717, 1.165) is 28.9 Å². The monoisotopic (exact) mass is 211 g/mol. The maximum absolute atomic E-state index is 9.09. The lowest BCUT2D eigenvalue weighted by Crippen LogP contribution is -1.97. The Balaban J connectivity index is 2.17. The van der Waals surface area contributed by atoms with Crippen LogP contribution >= 0.6 is 0 Å². The van der Waals surface area contributed by atoms with Crippen LogP contribution in [-0.2, 0) is 6.54 Å². The van der Waals surface area contributed by atoms with Gasteiger partial charge in [-0.3, -0.25) is 0 Å². The molecule has 80 valence electrons. The average molecular weight is 211 g/mol. The molecule has 16 heavy (non-hydrogen) atoms. The Morgan fingerprint density at radius 1 is 1.44 bits per heavy atom. The van der Waals surface area contributed by atoms with Crippen LogP contribution in [0.5, 0.6) is 0 Å². The summed E-state index contributed by atoms with van der Waals surface area (Å²) in [5.41, 5.74) is 8.32. The van der Waals surface area contributed by atoms with Crippen LogP contribution in [0.4, 0.5) is 5.69 Å². The van der Waals surface area contributed by atoms with Crippen molar-refractivity contribution in [1.29, 1.82) is 5.26 Å². The van der Waals surface area contributed by atoms with Crippen molar-refractivity contribution in [2.24, 2.45) is 5.92 Å². The maximum atomic E-state index is 9.09. The molecule has 0 unspecified atom stereocenters. The van der Waals surface area contributed by atoms with Crippen molar-refractivity contribution >= 4 is 16.6 Å². The molecule has 0 radical (unpaired) electrons. The van der Waals surface area contributed by atoms with Crippen LogP contribution < -0.4 is 5.73 Å². The number of fused-ring (bicyclic) bond motifs is 1. The summed E-state index contributed by atoms with van der Waals surface area (Å²) in [6.07, 6.45) is 4.58. The van der Waals surface area contributed by atoms with E-state index in [1.165, 1.54) is 12.8 Å². The lowest BCUT2D eigenvalue weighted by Gasteiger charge is -2.03. The highest BCUT2D eigenvalue weighted by Crippen LogP contribution is 2.33. The number of hydrogen-bond donors (Lipinski definition) is 1. The van der Waals surface area contributed by atoms with E-state index < -0.39 is 0 Å². The Morgan fingerprint density at radius 2 is 2.25 bits per heavy atom. The number of rotatable bonds is 2. The molecule has 0 spiro atoms. The molecule has 0 bridgehead atoms. The first kappa shape index (κ1) is 9.29. The number of hydrogen-bond acceptors (Lipinski definition) is 2. The molecular formula is C13H13N3. The number of nitrogen functional groups attached to an aromatic ring is 1. The first-order chi connectivity index (χ1) is 7.78. The second kappa shape index (κ2) is 3.28. The molecule has 1 fully saturated rings. The molecule has 3 rings (SSSR count). The van der Waals surface area contributed by atoms with Crippen molar-refractivity contribution in [1.82, 2.24) is 4.57 Å². The van der Waals surface area contributed by atoms with Gasteiger partial charge in [0.1, 0.15) is 6.07 Å². The second-order valence-corrected chi connectivity index (χ2v) is 4.53. The highest BCUT2D eigenvalue weighted by Gasteiger charge is 2.22. The Morgan fingerprint density at radius 3 is 2.94 bits per heavy atom. The Bertz CT molecular complexity index is 585. The Labute approximate surface area is 94.1 Å². The van der Waals surface area contributed by atoms with Crippen LogP contribution in [-0.4, -0.2) is 4.57 Å². The van der Waals surface area contributed by atoms with Crippen LogP contribution in [0.25, 0.3) is 10.9 Å². The van der Waals surface area contributed by atoms with Crippen molar-refractivity contribution < 1.29 is 0 Å². The predicted octanol–water partition coefficient (Wildman–Crippen LogP) is 2.51. The van der Waals surface area contributed by atoms with Crippen molar-refractivity contribution in [3.05, 3.63) is 30.0 Å². The normalized spacial score (nSPS) is 15.2. The standard InChI is InChI=1S/C13H13N3/c14-6-10-8-16(7-9-1-2-9)13-4-3-11(15)5-12(10)13/h3-5,8-9H,1-2,7,15H2. The van der Waals surface area contributed by atoms with E-state index in [2.05, 4.69) is 10.6 Å². The van der Waals surface area contributed by atoms with Crippen molar-refractivity contribution in [3.8, 4) is 6.07 Å². The molecule has 2 N–H and O–H groups in total. The van der Waals surface area contributed by atoms with E-state index in [1.807, 2.05) is 24.4 Å². The van der Waals surface area contributed by atoms with Gasteiger partial charge >= 0.3 is 0 Å². The predicted molar refractivity (Wildman–Crippen MR) is 63.8 cm³/mol. The molecule has 0 amide bonds. The van der Waals surface area contributed by atoms with Gasteiger partial charge < -0.3 is 10.3 Å². The third-order valence-corrected chi connectivity index (χ3v) is 3.18. The SMILES string of the molecule is N#Cc1cn(CC2CC2)c2ccc(N)cc12. The van der Waals surface area contributed by atoms with Gasteiger partial charge in [0.05, 0.1) is 5.56 Å². The molecule has 1 heterocycles. The first-order valence-electron chi connectivity index (χ1n) is 5.56. The summed E-state index contributed by atoms with van der Waals surface area (Å²) in [6.45, 7) is 1.03. The van der Waals surface area contributed by atoms with E-state index in [9.17, 15) is 0 Å². The first-order valence-corrected chi connectivity index (χ1v) is 5.56. The molecule has 1 aliphatic rings.